The Morgan fingerprint density at radius 1 is 1.12 bits per heavy atom. The highest BCUT2D eigenvalue weighted by atomic mass is 35.5. The molecule has 6 rings (SSSR count). The molecule has 2 fully saturated rings. The van der Waals surface area contributed by atoms with Gasteiger partial charge in [0, 0.05) is 29.4 Å². The monoisotopic (exact) mass is 459 g/mol. The highest BCUT2D eigenvalue weighted by Gasteiger charge is 2.44. The Kier molecular flexibility index (Phi) is 4.99. The van der Waals surface area contributed by atoms with Crippen molar-refractivity contribution in [3.63, 3.8) is 0 Å². The summed E-state index contributed by atoms with van der Waals surface area (Å²) < 4.78 is 7.87. The number of ether oxygens (including phenoxy) is 1. The number of aromatic nitrogens is 4. The number of carbonyl (C=O) groups is 1. The van der Waals surface area contributed by atoms with Crippen LogP contribution in [0.2, 0.25) is 5.02 Å². The Morgan fingerprint density at radius 3 is 2.88 bits per heavy atom. The van der Waals surface area contributed by atoms with Gasteiger partial charge in [0.05, 0.1) is 5.69 Å². The van der Waals surface area contributed by atoms with Gasteiger partial charge in [-0.15, -0.1) is 0 Å². The van der Waals surface area contributed by atoms with E-state index in [1.54, 1.807) is 6.07 Å². The van der Waals surface area contributed by atoms with Crippen LogP contribution < -0.4 is 10.1 Å². The molecule has 2 aliphatic carbocycles. The number of rotatable bonds is 7. The van der Waals surface area contributed by atoms with Crippen LogP contribution in [0.5, 0.6) is 5.88 Å². The van der Waals surface area contributed by atoms with Gasteiger partial charge in [-0.25, -0.2) is 15.0 Å². The van der Waals surface area contributed by atoms with E-state index in [0.29, 0.717) is 22.6 Å². The largest absolute Gasteiger partial charge is 0.471 e. The van der Waals surface area contributed by atoms with Gasteiger partial charge in [0.2, 0.25) is 11.8 Å². The molecular weight excluding hydrogens is 438 g/mol. The van der Waals surface area contributed by atoms with Gasteiger partial charge in [-0.2, -0.15) is 0 Å². The van der Waals surface area contributed by atoms with Gasteiger partial charge in [0.1, 0.15) is 24.4 Å². The van der Waals surface area contributed by atoms with Crippen molar-refractivity contribution in [1.29, 1.82) is 0 Å². The van der Waals surface area contributed by atoms with Crippen molar-refractivity contribution in [3.8, 4) is 5.88 Å². The summed E-state index contributed by atoms with van der Waals surface area (Å²) in [5.74, 6) is 1.56. The van der Waals surface area contributed by atoms with E-state index < -0.39 is 0 Å². The summed E-state index contributed by atoms with van der Waals surface area (Å²) >= 11 is 6.07. The number of benzene rings is 1. The maximum absolute atomic E-state index is 12.7. The lowest BCUT2D eigenvalue weighted by atomic mass is 10.1. The summed E-state index contributed by atoms with van der Waals surface area (Å²) in [6, 6.07) is 13.5. The molecule has 3 aromatic heterocycles. The molecule has 3 heterocycles. The molecule has 1 amide bonds. The molecule has 166 valence electrons. The van der Waals surface area contributed by atoms with Gasteiger partial charge in [0.25, 0.3) is 0 Å². The Morgan fingerprint density at radius 2 is 2.03 bits per heavy atom. The predicted molar refractivity (Wildman–Crippen MR) is 124 cm³/mol. The second kappa shape index (κ2) is 8.15. The SMILES string of the molecule is O=C(Nc1cc(OCc2cn3cc(C4CC4)ccc3n2)ncn1)[C@H]1C[C@@H]1c1cccc(Cl)c1. The van der Waals surface area contributed by atoms with E-state index in [1.807, 2.05) is 40.9 Å². The number of hydrogen-bond acceptors (Lipinski definition) is 5. The number of amides is 1. The fourth-order valence-electron chi connectivity index (χ4n) is 4.23. The van der Waals surface area contributed by atoms with Crippen molar-refractivity contribution in [3.05, 3.63) is 83.0 Å². The Balaban J connectivity index is 1.08. The normalized spacial score (nSPS) is 19.4. The molecule has 0 saturated heterocycles. The first-order chi connectivity index (χ1) is 16.1. The first kappa shape index (κ1) is 20.2. The highest BCUT2D eigenvalue weighted by molar-refractivity contribution is 6.30. The van der Waals surface area contributed by atoms with Crippen molar-refractivity contribution in [1.82, 2.24) is 19.4 Å². The minimum absolute atomic E-state index is 0.0588. The van der Waals surface area contributed by atoms with E-state index in [4.69, 9.17) is 16.3 Å². The lowest BCUT2D eigenvalue weighted by Crippen LogP contribution is -2.15. The van der Waals surface area contributed by atoms with Crippen LogP contribution in [0.3, 0.4) is 0 Å². The average molecular weight is 460 g/mol. The molecule has 0 unspecified atom stereocenters. The standard InChI is InChI=1S/C25H22ClN5O2/c26-18-3-1-2-16(8-18)20-9-21(20)25(32)30-22-10-24(28-14-27-22)33-13-19-12-31-11-17(15-4-5-15)6-7-23(31)29-19/h1-3,6-8,10-12,14-15,20-21H,4-5,9,13H2,(H,27,28,30,32)/t20-,21+/m1/s1. The molecule has 0 aliphatic heterocycles. The van der Waals surface area contributed by atoms with E-state index in [1.165, 1.54) is 24.7 Å². The molecule has 7 nitrogen and oxygen atoms in total. The summed E-state index contributed by atoms with van der Waals surface area (Å²) in [6.07, 6.45) is 8.86. The van der Waals surface area contributed by atoms with Crippen LogP contribution in [0.25, 0.3) is 5.65 Å². The molecule has 1 aromatic carbocycles. The van der Waals surface area contributed by atoms with E-state index in [-0.39, 0.29) is 24.3 Å². The number of carbonyl (C=O) groups excluding carboxylic acids is 1. The summed E-state index contributed by atoms with van der Waals surface area (Å²) in [6.45, 7) is 0.282. The number of imidazole rings is 1. The summed E-state index contributed by atoms with van der Waals surface area (Å²) in [5, 5.41) is 3.56. The van der Waals surface area contributed by atoms with E-state index in [2.05, 4.69) is 32.5 Å². The predicted octanol–water partition coefficient (Wildman–Crippen LogP) is 4.98. The maximum atomic E-state index is 12.7. The molecule has 1 N–H and O–H groups in total. The summed E-state index contributed by atoms with van der Waals surface area (Å²) in [4.78, 5) is 25.6. The van der Waals surface area contributed by atoms with Gasteiger partial charge in [-0.1, -0.05) is 29.8 Å². The molecule has 33 heavy (non-hydrogen) atoms. The second-order valence-electron chi connectivity index (χ2n) is 8.76. The number of halogens is 1. The topological polar surface area (TPSA) is 81.4 Å². The number of anilines is 1. The van der Waals surface area contributed by atoms with Crippen molar-refractivity contribution < 1.29 is 9.53 Å². The first-order valence-corrected chi connectivity index (χ1v) is 11.5. The molecule has 4 aromatic rings. The Bertz CT molecular complexity index is 1350. The van der Waals surface area contributed by atoms with Gasteiger partial charge >= 0.3 is 0 Å². The fourth-order valence-corrected chi connectivity index (χ4v) is 4.43. The average Bonchev–Trinajstić information content (AvgIpc) is 3.74. The van der Waals surface area contributed by atoms with Crippen LogP contribution in [-0.4, -0.2) is 25.3 Å². The minimum Gasteiger partial charge on any atom is -0.471 e. The van der Waals surface area contributed by atoms with Crippen LogP contribution in [0.4, 0.5) is 5.82 Å². The molecule has 0 radical (unpaired) electrons. The lowest BCUT2D eigenvalue weighted by molar-refractivity contribution is -0.117. The van der Waals surface area contributed by atoms with Crippen molar-refractivity contribution >= 4 is 29.0 Å². The van der Waals surface area contributed by atoms with Crippen molar-refractivity contribution in [2.45, 2.75) is 37.7 Å². The summed E-state index contributed by atoms with van der Waals surface area (Å²) in [5.41, 5.74) is 4.16. The summed E-state index contributed by atoms with van der Waals surface area (Å²) in [7, 11) is 0. The third kappa shape index (κ3) is 4.41. The van der Waals surface area contributed by atoms with E-state index in [9.17, 15) is 4.79 Å². The van der Waals surface area contributed by atoms with Gasteiger partial charge in [-0.3, -0.25) is 4.79 Å². The molecule has 2 saturated carbocycles. The molecule has 0 spiro atoms. The molecule has 0 bridgehead atoms. The molecular formula is C25H22ClN5O2. The van der Waals surface area contributed by atoms with Crippen molar-refractivity contribution in [2.24, 2.45) is 5.92 Å². The quantitative estimate of drug-likeness (QED) is 0.421. The van der Waals surface area contributed by atoms with Gasteiger partial charge in [0.15, 0.2) is 0 Å². The lowest BCUT2D eigenvalue weighted by Gasteiger charge is -2.07. The van der Waals surface area contributed by atoms with Gasteiger partial charge < -0.3 is 14.5 Å². The zero-order chi connectivity index (χ0) is 22.4. The zero-order valence-corrected chi connectivity index (χ0v) is 18.6. The number of nitrogens with one attached hydrogen (secondary N) is 1. The maximum Gasteiger partial charge on any atom is 0.229 e. The molecule has 2 aliphatic rings. The Hall–Kier alpha value is -3.45. The van der Waals surface area contributed by atoms with Crippen LogP contribution >= 0.6 is 11.6 Å². The van der Waals surface area contributed by atoms with Crippen LogP contribution in [0, 0.1) is 5.92 Å². The van der Waals surface area contributed by atoms with E-state index in [0.717, 1.165) is 23.3 Å². The third-order valence-corrected chi connectivity index (χ3v) is 6.47. The second-order valence-corrected chi connectivity index (χ2v) is 9.19. The van der Waals surface area contributed by atoms with Crippen LogP contribution in [-0.2, 0) is 11.4 Å². The number of hydrogen-bond donors (Lipinski definition) is 1. The zero-order valence-electron chi connectivity index (χ0n) is 17.8. The van der Waals surface area contributed by atoms with Crippen LogP contribution in [0.1, 0.15) is 47.9 Å². The first-order valence-electron chi connectivity index (χ1n) is 11.1. The number of nitrogens with zero attached hydrogens (tertiary/aromatic N) is 4. The smallest absolute Gasteiger partial charge is 0.229 e. The minimum atomic E-state index is -0.0821. The van der Waals surface area contributed by atoms with Crippen molar-refractivity contribution in [2.75, 3.05) is 5.32 Å². The molecule has 8 heteroatoms. The Labute approximate surface area is 195 Å². The number of pyridine rings is 1. The number of fused-ring (bicyclic) bond motifs is 1. The van der Waals surface area contributed by atoms with Gasteiger partial charge in [-0.05, 0) is 60.4 Å². The van der Waals surface area contributed by atoms with Crippen LogP contribution in [0.15, 0.2) is 61.2 Å². The molecule has 2 atom stereocenters. The van der Waals surface area contributed by atoms with E-state index >= 15 is 0 Å². The third-order valence-electron chi connectivity index (χ3n) is 6.24. The highest BCUT2D eigenvalue weighted by Crippen LogP contribution is 2.48. The fraction of sp³-hybridized carbons (Fsp3) is 0.280.